The molecule has 0 spiro atoms. The Morgan fingerprint density at radius 2 is 1.65 bits per heavy atom. The third kappa shape index (κ3) is 6.16. The van der Waals surface area contributed by atoms with Crippen molar-refractivity contribution in [1.29, 1.82) is 0 Å². The molecule has 6 nitrogen and oxygen atoms in total. The van der Waals surface area contributed by atoms with Crippen LogP contribution in [0, 0.1) is 6.92 Å². The van der Waals surface area contributed by atoms with Gasteiger partial charge in [0.05, 0.1) is 17.6 Å². The Bertz CT molecular complexity index is 1130. The third-order valence-electron chi connectivity index (χ3n) is 4.80. The van der Waals surface area contributed by atoms with E-state index in [1.807, 2.05) is 54.6 Å². The quantitative estimate of drug-likeness (QED) is 0.512. The van der Waals surface area contributed by atoms with E-state index in [-0.39, 0.29) is 17.0 Å². The molecule has 0 saturated heterocycles. The second-order valence-corrected chi connectivity index (χ2v) is 8.80. The molecule has 3 aromatic carbocycles. The van der Waals surface area contributed by atoms with Gasteiger partial charge in [0.1, 0.15) is 12.4 Å². The van der Waals surface area contributed by atoms with E-state index < -0.39 is 16.0 Å². The summed E-state index contributed by atoms with van der Waals surface area (Å²) >= 11 is 0. The van der Waals surface area contributed by atoms with Crippen LogP contribution in [0.25, 0.3) is 0 Å². The minimum absolute atomic E-state index is 0.0307. The van der Waals surface area contributed by atoms with E-state index in [4.69, 9.17) is 9.47 Å². The largest absolute Gasteiger partial charge is 0.489 e. The van der Waals surface area contributed by atoms with Gasteiger partial charge in [0, 0.05) is 6.54 Å². The number of benzene rings is 3. The molecule has 3 aromatic rings. The van der Waals surface area contributed by atoms with Crippen LogP contribution in [0.5, 0.6) is 5.75 Å². The first-order valence-corrected chi connectivity index (χ1v) is 11.3. The molecular formula is C24H25NO5S. The lowest BCUT2D eigenvalue weighted by molar-refractivity contribution is 0.0599. The van der Waals surface area contributed by atoms with Gasteiger partial charge in [-0.1, -0.05) is 48.5 Å². The molecule has 0 atom stereocenters. The average Bonchev–Trinajstić information content (AvgIpc) is 2.79. The van der Waals surface area contributed by atoms with Crippen LogP contribution in [0.4, 0.5) is 0 Å². The maximum atomic E-state index is 12.6. The summed E-state index contributed by atoms with van der Waals surface area (Å²) in [5.41, 5.74) is 2.96. The summed E-state index contributed by atoms with van der Waals surface area (Å²) in [6.07, 6.45) is 0.522. The molecule has 7 heteroatoms. The van der Waals surface area contributed by atoms with Crippen molar-refractivity contribution in [3.05, 3.63) is 95.1 Å². The van der Waals surface area contributed by atoms with Gasteiger partial charge in [0.25, 0.3) is 0 Å². The van der Waals surface area contributed by atoms with Crippen molar-refractivity contribution in [3.8, 4) is 5.75 Å². The molecular weight excluding hydrogens is 414 g/mol. The van der Waals surface area contributed by atoms with Crippen LogP contribution in [0.3, 0.4) is 0 Å². The van der Waals surface area contributed by atoms with Crippen molar-refractivity contribution in [2.75, 3.05) is 13.7 Å². The van der Waals surface area contributed by atoms with E-state index in [0.717, 1.165) is 16.9 Å². The summed E-state index contributed by atoms with van der Waals surface area (Å²) in [7, 11) is -2.48. The molecule has 162 valence electrons. The van der Waals surface area contributed by atoms with E-state index in [1.165, 1.54) is 19.2 Å². The molecule has 0 heterocycles. The minimum atomic E-state index is -3.74. The Morgan fingerprint density at radius 3 is 2.32 bits per heavy atom. The average molecular weight is 440 g/mol. The van der Waals surface area contributed by atoms with E-state index in [1.54, 1.807) is 13.0 Å². The molecule has 0 aromatic heterocycles. The van der Waals surface area contributed by atoms with Crippen LogP contribution in [0.15, 0.2) is 77.7 Å². The molecule has 0 radical (unpaired) electrons. The van der Waals surface area contributed by atoms with E-state index in [2.05, 4.69) is 4.72 Å². The van der Waals surface area contributed by atoms with Crippen LogP contribution in [-0.2, 0) is 27.8 Å². The van der Waals surface area contributed by atoms with Crippen LogP contribution >= 0.6 is 0 Å². The molecule has 0 aliphatic heterocycles. The van der Waals surface area contributed by atoms with E-state index in [0.29, 0.717) is 18.6 Å². The molecule has 31 heavy (non-hydrogen) atoms. The second-order valence-electron chi connectivity index (χ2n) is 7.03. The van der Waals surface area contributed by atoms with Crippen LogP contribution in [-0.4, -0.2) is 28.0 Å². The lowest BCUT2D eigenvalue weighted by Crippen LogP contribution is -2.26. The number of hydrogen-bond donors (Lipinski definition) is 1. The summed E-state index contributed by atoms with van der Waals surface area (Å²) < 4.78 is 38.2. The van der Waals surface area contributed by atoms with E-state index in [9.17, 15) is 13.2 Å². The van der Waals surface area contributed by atoms with Crippen LogP contribution in [0.2, 0.25) is 0 Å². The fourth-order valence-electron chi connectivity index (χ4n) is 3.00. The molecule has 0 amide bonds. The zero-order valence-electron chi connectivity index (χ0n) is 17.5. The first-order chi connectivity index (χ1) is 14.9. The Balaban J connectivity index is 1.55. The molecule has 1 N–H and O–H groups in total. The Hall–Kier alpha value is -3.16. The van der Waals surface area contributed by atoms with Gasteiger partial charge >= 0.3 is 5.97 Å². The minimum Gasteiger partial charge on any atom is -0.489 e. The maximum Gasteiger partial charge on any atom is 0.338 e. The van der Waals surface area contributed by atoms with Gasteiger partial charge < -0.3 is 9.47 Å². The third-order valence-corrected chi connectivity index (χ3v) is 6.26. The predicted octanol–water partition coefficient (Wildman–Crippen LogP) is 3.88. The first-order valence-electron chi connectivity index (χ1n) is 9.83. The van der Waals surface area contributed by atoms with Gasteiger partial charge in [0.15, 0.2) is 0 Å². The SMILES string of the molecule is COC(=O)c1cc(S(=O)(=O)NCCc2ccc(OCc3ccccc3)cc2)ccc1C. The Labute approximate surface area is 182 Å². The summed E-state index contributed by atoms with van der Waals surface area (Å²) in [5.74, 6) is 0.187. The standard InChI is InChI=1S/C24H25NO5S/c1-18-8-13-22(16-23(18)24(26)29-2)31(27,28)25-15-14-19-9-11-21(12-10-19)30-17-20-6-4-3-5-7-20/h3-13,16,25H,14-15,17H2,1-2H3. The predicted molar refractivity (Wildman–Crippen MR) is 119 cm³/mol. The van der Waals surface area contributed by atoms with Gasteiger partial charge in [-0.25, -0.2) is 17.9 Å². The van der Waals surface area contributed by atoms with Crippen molar-refractivity contribution < 1.29 is 22.7 Å². The number of aryl methyl sites for hydroxylation is 1. The molecule has 0 fully saturated rings. The van der Waals surface area contributed by atoms with Crippen molar-refractivity contribution in [1.82, 2.24) is 4.72 Å². The highest BCUT2D eigenvalue weighted by Gasteiger charge is 2.18. The van der Waals surface area contributed by atoms with E-state index >= 15 is 0 Å². The first kappa shape index (κ1) is 22.5. The topological polar surface area (TPSA) is 81.7 Å². The van der Waals surface area contributed by atoms with Crippen molar-refractivity contribution in [2.45, 2.75) is 24.8 Å². The zero-order chi connectivity index (χ0) is 22.3. The second kappa shape index (κ2) is 10.2. The fraction of sp³-hybridized carbons (Fsp3) is 0.208. The number of sulfonamides is 1. The Morgan fingerprint density at radius 1 is 0.935 bits per heavy atom. The molecule has 0 aliphatic carbocycles. The zero-order valence-corrected chi connectivity index (χ0v) is 18.3. The normalized spacial score (nSPS) is 11.2. The molecule has 0 unspecified atom stereocenters. The lowest BCUT2D eigenvalue weighted by atomic mass is 10.1. The van der Waals surface area contributed by atoms with Gasteiger partial charge in [-0.15, -0.1) is 0 Å². The molecule has 3 rings (SSSR count). The molecule has 0 aliphatic rings. The number of carbonyl (C=O) groups is 1. The molecule has 0 saturated carbocycles. The summed E-state index contributed by atoms with van der Waals surface area (Å²) in [4.78, 5) is 11.9. The van der Waals surface area contributed by atoms with Gasteiger partial charge in [-0.3, -0.25) is 0 Å². The number of ether oxygens (including phenoxy) is 2. The number of carbonyl (C=O) groups excluding carboxylic acids is 1. The Kier molecular flexibility index (Phi) is 7.44. The summed E-state index contributed by atoms with van der Waals surface area (Å²) in [6.45, 7) is 2.45. The summed E-state index contributed by atoms with van der Waals surface area (Å²) in [5, 5.41) is 0. The van der Waals surface area contributed by atoms with Crippen molar-refractivity contribution in [2.24, 2.45) is 0 Å². The number of hydrogen-bond acceptors (Lipinski definition) is 5. The van der Waals surface area contributed by atoms with Crippen LogP contribution < -0.4 is 9.46 Å². The number of esters is 1. The fourth-order valence-corrected chi connectivity index (χ4v) is 4.06. The number of nitrogens with one attached hydrogen (secondary N) is 1. The van der Waals surface area contributed by atoms with Gasteiger partial charge in [0.2, 0.25) is 10.0 Å². The molecule has 0 bridgehead atoms. The van der Waals surface area contributed by atoms with Gasteiger partial charge in [-0.05, 0) is 54.3 Å². The highest BCUT2D eigenvalue weighted by Crippen LogP contribution is 2.17. The van der Waals surface area contributed by atoms with Crippen molar-refractivity contribution >= 4 is 16.0 Å². The van der Waals surface area contributed by atoms with Crippen LogP contribution in [0.1, 0.15) is 27.0 Å². The number of methoxy groups -OCH3 is 1. The highest BCUT2D eigenvalue weighted by molar-refractivity contribution is 7.89. The smallest absolute Gasteiger partial charge is 0.338 e. The monoisotopic (exact) mass is 439 g/mol. The highest BCUT2D eigenvalue weighted by atomic mass is 32.2. The van der Waals surface area contributed by atoms with Crippen molar-refractivity contribution in [3.63, 3.8) is 0 Å². The number of rotatable bonds is 9. The maximum absolute atomic E-state index is 12.6. The summed E-state index contributed by atoms with van der Waals surface area (Å²) in [6, 6.07) is 21.9. The van der Waals surface area contributed by atoms with Gasteiger partial charge in [-0.2, -0.15) is 0 Å². The lowest BCUT2D eigenvalue weighted by Gasteiger charge is -2.10.